The number of aromatic nitrogens is 2. The van der Waals surface area contributed by atoms with E-state index in [0.717, 1.165) is 11.0 Å². The van der Waals surface area contributed by atoms with Crippen molar-refractivity contribution < 1.29 is 9.59 Å². The Morgan fingerprint density at radius 2 is 1.88 bits per heavy atom. The molecule has 3 aromatic rings. The lowest BCUT2D eigenvalue weighted by atomic mass is 10.2. The molecule has 1 aromatic heterocycles. The largest absolute Gasteiger partial charge is 0.368 e. The maximum atomic E-state index is 12.5. The van der Waals surface area contributed by atoms with E-state index >= 15 is 0 Å². The molecule has 1 unspecified atom stereocenters. The van der Waals surface area contributed by atoms with E-state index in [4.69, 9.17) is 17.3 Å². The maximum Gasteiger partial charge on any atom is 0.253 e. The Balaban J connectivity index is 1.94. The second-order valence-electron chi connectivity index (χ2n) is 5.69. The molecule has 2 aromatic carbocycles. The fourth-order valence-corrected chi connectivity index (χ4v) is 2.95. The zero-order chi connectivity index (χ0) is 18.0. The molecule has 0 saturated heterocycles. The monoisotopic (exact) mass is 356 g/mol. The van der Waals surface area contributed by atoms with Crippen LogP contribution in [0.15, 0.2) is 48.5 Å². The van der Waals surface area contributed by atoms with Crippen LogP contribution in [0.5, 0.6) is 0 Å². The topological polar surface area (TPSA) is 90.0 Å². The highest BCUT2D eigenvalue weighted by Crippen LogP contribution is 2.22. The van der Waals surface area contributed by atoms with Gasteiger partial charge in [-0.2, -0.15) is 0 Å². The molecular formula is C18H17ClN4O2. The Kier molecular flexibility index (Phi) is 4.72. The number of para-hydroxylation sites is 2. The van der Waals surface area contributed by atoms with Crippen LogP contribution in [0.3, 0.4) is 0 Å². The molecule has 0 aliphatic heterocycles. The second kappa shape index (κ2) is 6.94. The molecular weight excluding hydrogens is 340 g/mol. The zero-order valence-electron chi connectivity index (χ0n) is 13.6. The third-order valence-electron chi connectivity index (χ3n) is 3.85. The van der Waals surface area contributed by atoms with Crippen molar-refractivity contribution in [1.82, 2.24) is 14.9 Å². The number of rotatable bonds is 5. The van der Waals surface area contributed by atoms with E-state index < -0.39 is 11.9 Å². The Bertz CT molecular complexity index is 951. The van der Waals surface area contributed by atoms with Crippen molar-refractivity contribution in [2.24, 2.45) is 5.73 Å². The van der Waals surface area contributed by atoms with Crippen molar-refractivity contribution in [1.29, 1.82) is 0 Å². The Hall–Kier alpha value is -2.86. The lowest BCUT2D eigenvalue weighted by molar-refractivity contribution is -0.118. The lowest BCUT2D eigenvalue weighted by Crippen LogP contribution is -2.30. The van der Waals surface area contributed by atoms with Crippen LogP contribution >= 0.6 is 11.6 Å². The van der Waals surface area contributed by atoms with Gasteiger partial charge in [-0.05, 0) is 31.2 Å². The molecule has 2 amide bonds. The van der Waals surface area contributed by atoms with Gasteiger partial charge < -0.3 is 15.6 Å². The summed E-state index contributed by atoms with van der Waals surface area (Å²) < 4.78 is 1.72. The first-order valence-electron chi connectivity index (χ1n) is 7.76. The van der Waals surface area contributed by atoms with E-state index in [1.165, 1.54) is 0 Å². The molecule has 128 valence electrons. The fraction of sp³-hybridized carbons (Fsp3) is 0.167. The number of amides is 2. The Morgan fingerprint density at radius 3 is 2.60 bits per heavy atom. The van der Waals surface area contributed by atoms with E-state index in [-0.39, 0.29) is 12.5 Å². The van der Waals surface area contributed by atoms with Crippen LogP contribution < -0.4 is 11.1 Å². The van der Waals surface area contributed by atoms with Crippen molar-refractivity contribution in [3.05, 3.63) is 64.9 Å². The first kappa shape index (κ1) is 17.0. The number of halogens is 1. The first-order valence-corrected chi connectivity index (χ1v) is 8.14. The van der Waals surface area contributed by atoms with Crippen molar-refractivity contribution in [3.8, 4) is 0 Å². The average molecular weight is 357 g/mol. The molecule has 0 aliphatic carbocycles. The van der Waals surface area contributed by atoms with Crippen LogP contribution in [-0.4, -0.2) is 21.4 Å². The van der Waals surface area contributed by atoms with Crippen molar-refractivity contribution in [3.63, 3.8) is 0 Å². The molecule has 25 heavy (non-hydrogen) atoms. The number of nitrogens with one attached hydrogen (secondary N) is 1. The molecule has 0 spiro atoms. The molecule has 0 radical (unpaired) electrons. The summed E-state index contributed by atoms with van der Waals surface area (Å²) in [6, 6.07) is 13.8. The van der Waals surface area contributed by atoms with Crippen molar-refractivity contribution in [2.45, 2.75) is 19.5 Å². The first-order chi connectivity index (χ1) is 12.0. The molecule has 1 heterocycles. The van der Waals surface area contributed by atoms with Gasteiger partial charge in [-0.25, -0.2) is 4.98 Å². The molecule has 1 atom stereocenters. The second-order valence-corrected chi connectivity index (χ2v) is 6.09. The van der Waals surface area contributed by atoms with E-state index in [1.807, 2.05) is 24.3 Å². The highest BCUT2D eigenvalue weighted by atomic mass is 35.5. The molecule has 0 saturated carbocycles. The van der Waals surface area contributed by atoms with Gasteiger partial charge in [0.1, 0.15) is 12.4 Å². The fourth-order valence-electron chi connectivity index (χ4n) is 2.73. The number of primary amides is 1. The molecule has 6 nitrogen and oxygen atoms in total. The van der Waals surface area contributed by atoms with Crippen LogP contribution in [-0.2, 0) is 11.3 Å². The average Bonchev–Trinajstić information content (AvgIpc) is 2.93. The molecule has 0 fully saturated rings. The normalized spacial score (nSPS) is 12.1. The summed E-state index contributed by atoms with van der Waals surface area (Å²) in [6.07, 6.45) is 0. The maximum absolute atomic E-state index is 12.5. The molecule has 3 rings (SSSR count). The number of carbonyl (C=O) groups is 2. The summed E-state index contributed by atoms with van der Waals surface area (Å²) in [4.78, 5) is 28.5. The SMILES string of the molecule is CC(NC(=O)c1ccccc1Cl)c1nc2ccccc2n1CC(N)=O. The van der Waals surface area contributed by atoms with Crippen LogP contribution in [0.1, 0.15) is 29.1 Å². The highest BCUT2D eigenvalue weighted by Gasteiger charge is 2.20. The number of hydrogen-bond donors (Lipinski definition) is 2. The number of fused-ring (bicyclic) bond motifs is 1. The van der Waals surface area contributed by atoms with Gasteiger partial charge in [0.2, 0.25) is 5.91 Å². The predicted molar refractivity (Wildman–Crippen MR) is 96.3 cm³/mol. The standard InChI is InChI=1S/C18H17ClN4O2/c1-11(21-18(25)12-6-2-3-7-13(12)19)17-22-14-8-4-5-9-15(14)23(17)10-16(20)24/h2-9,11H,10H2,1H3,(H2,20,24)(H,21,25). The van der Waals surface area contributed by atoms with E-state index in [0.29, 0.717) is 16.4 Å². The Morgan fingerprint density at radius 1 is 1.20 bits per heavy atom. The van der Waals surface area contributed by atoms with E-state index in [2.05, 4.69) is 10.3 Å². The zero-order valence-corrected chi connectivity index (χ0v) is 14.3. The van der Waals surface area contributed by atoms with E-state index in [1.54, 1.807) is 35.8 Å². The summed E-state index contributed by atoms with van der Waals surface area (Å²) in [5.41, 5.74) is 7.27. The molecule has 0 bridgehead atoms. The quantitative estimate of drug-likeness (QED) is 0.736. The van der Waals surface area contributed by atoms with Crippen LogP contribution in [0, 0.1) is 0 Å². The highest BCUT2D eigenvalue weighted by molar-refractivity contribution is 6.33. The summed E-state index contributed by atoms with van der Waals surface area (Å²) >= 11 is 6.07. The third kappa shape index (κ3) is 3.49. The van der Waals surface area contributed by atoms with Gasteiger partial charge in [0.15, 0.2) is 0 Å². The lowest BCUT2D eigenvalue weighted by Gasteiger charge is -2.16. The van der Waals surface area contributed by atoms with Gasteiger partial charge in [-0.15, -0.1) is 0 Å². The van der Waals surface area contributed by atoms with Crippen LogP contribution in [0.25, 0.3) is 11.0 Å². The van der Waals surface area contributed by atoms with Crippen LogP contribution in [0.4, 0.5) is 0 Å². The van der Waals surface area contributed by atoms with Crippen molar-refractivity contribution >= 4 is 34.4 Å². The van der Waals surface area contributed by atoms with Gasteiger partial charge in [-0.1, -0.05) is 35.9 Å². The van der Waals surface area contributed by atoms with Crippen molar-refractivity contribution in [2.75, 3.05) is 0 Å². The minimum absolute atomic E-state index is 0.0118. The molecule has 0 aliphatic rings. The smallest absolute Gasteiger partial charge is 0.253 e. The third-order valence-corrected chi connectivity index (χ3v) is 4.18. The number of nitrogens with zero attached hydrogens (tertiary/aromatic N) is 2. The number of hydrogen-bond acceptors (Lipinski definition) is 3. The molecule has 7 heteroatoms. The van der Waals surface area contributed by atoms with Gasteiger partial charge >= 0.3 is 0 Å². The minimum atomic E-state index is -0.478. The minimum Gasteiger partial charge on any atom is -0.368 e. The van der Waals surface area contributed by atoms with Gasteiger partial charge in [0.05, 0.1) is 27.7 Å². The number of imidazole rings is 1. The Labute approximate surface area is 149 Å². The van der Waals surface area contributed by atoms with Gasteiger partial charge in [0, 0.05) is 0 Å². The summed E-state index contributed by atoms with van der Waals surface area (Å²) in [6.45, 7) is 1.79. The summed E-state index contributed by atoms with van der Waals surface area (Å²) in [7, 11) is 0. The number of nitrogens with two attached hydrogens (primary N) is 1. The van der Waals surface area contributed by atoms with Crippen LogP contribution in [0.2, 0.25) is 5.02 Å². The molecule has 3 N–H and O–H groups in total. The predicted octanol–water partition coefficient (Wildman–Crippen LogP) is 2.67. The van der Waals surface area contributed by atoms with E-state index in [9.17, 15) is 9.59 Å². The summed E-state index contributed by atoms with van der Waals surface area (Å²) in [5, 5.41) is 3.24. The van der Waals surface area contributed by atoms with Gasteiger partial charge in [0.25, 0.3) is 5.91 Å². The number of benzene rings is 2. The summed E-state index contributed by atoms with van der Waals surface area (Å²) in [5.74, 6) is -0.231. The van der Waals surface area contributed by atoms with Gasteiger partial charge in [-0.3, -0.25) is 9.59 Å². The number of carbonyl (C=O) groups excluding carboxylic acids is 2.